The van der Waals surface area contributed by atoms with E-state index in [0.29, 0.717) is 5.56 Å². The van der Waals surface area contributed by atoms with E-state index >= 15 is 0 Å². The van der Waals surface area contributed by atoms with Crippen molar-refractivity contribution in [3.8, 4) is 5.75 Å². The molecule has 20 heavy (non-hydrogen) atoms. The molecule has 0 aliphatic heterocycles. The molecule has 1 atom stereocenters. The summed E-state index contributed by atoms with van der Waals surface area (Å²) in [4.78, 5) is 15.1. The third-order valence-electron chi connectivity index (χ3n) is 2.86. The second-order valence-electron chi connectivity index (χ2n) is 4.34. The first kappa shape index (κ1) is 13.8. The summed E-state index contributed by atoms with van der Waals surface area (Å²) in [5, 5.41) is 22.6. The highest BCUT2D eigenvalue weighted by atomic mass is 16.4. The fourth-order valence-electron chi connectivity index (χ4n) is 1.79. The Kier molecular flexibility index (Phi) is 4.50. The molecule has 0 spiro atoms. The first-order chi connectivity index (χ1) is 9.66. The van der Waals surface area contributed by atoms with Gasteiger partial charge in [0.05, 0.1) is 12.0 Å². The number of aliphatic carboxylic acids is 1. The Bertz CT molecular complexity index is 608. The Morgan fingerprint density at radius 1 is 1.10 bits per heavy atom. The van der Waals surface area contributed by atoms with Crippen LogP contribution in [0.3, 0.4) is 0 Å². The maximum Gasteiger partial charge on any atom is 0.0933 e. The van der Waals surface area contributed by atoms with Crippen molar-refractivity contribution in [2.75, 3.05) is 0 Å². The van der Waals surface area contributed by atoms with Crippen LogP contribution in [-0.4, -0.2) is 18.2 Å². The summed E-state index contributed by atoms with van der Waals surface area (Å²) < 4.78 is 0. The van der Waals surface area contributed by atoms with Crippen LogP contribution in [-0.2, 0) is 11.2 Å². The minimum absolute atomic E-state index is 0.187. The molecule has 2 aromatic rings. The number of carbonyl (C=O) groups is 1. The highest BCUT2D eigenvalue weighted by Crippen LogP contribution is 2.11. The molecule has 0 saturated heterocycles. The number of aliphatic imine (C=N–C) groups is 1. The van der Waals surface area contributed by atoms with Crippen LogP contribution in [0.4, 0.5) is 0 Å². The summed E-state index contributed by atoms with van der Waals surface area (Å²) in [5.74, 6) is -1.44. The van der Waals surface area contributed by atoms with Crippen molar-refractivity contribution in [2.24, 2.45) is 4.99 Å². The molecule has 0 N–H and O–H groups in total. The largest absolute Gasteiger partial charge is 0.872 e. The molecule has 0 saturated carbocycles. The van der Waals surface area contributed by atoms with E-state index in [4.69, 9.17) is 0 Å². The number of carboxylic acids is 1. The third-order valence-corrected chi connectivity index (χ3v) is 2.86. The number of carbonyl (C=O) groups excluding carboxylic acids is 1. The average molecular weight is 267 g/mol. The monoisotopic (exact) mass is 267 g/mol. The van der Waals surface area contributed by atoms with Gasteiger partial charge in [0.25, 0.3) is 0 Å². The fourth-order valence-corrected chi connectivity index (χ4v) is 1.79. The van der Waals surface area contributed by atoms with Gasteiger partial charge in [0.1, 0.15) is 0 Å². The molecule has 0 aromatic heterocycles. The van der Waals surface area contributed by atoms with E-state index in [1.807, 2.05) is 30.3 Å². The normalized spacial score (nSPS) is 12.4. The standard InChI is InChI=1S/C16H15NO3/c18-15-9-5-4-8-13(15)11-17-14(16(19)20)10-12-6-2-1-3-7-12/h1-9,11,14,18H,10H2,(H,19,20)/p-2. The first-order valence-electron chi connectivity index (χ1n) is 6.21. The molecule has 0 amide bonds. The van der Waals surface area contributed by atoms with Gasteiger partial charge in [-0.25, -0.2) is 0 Å². The molecule has 0 aliphatic carbocycles. The van der Waals surface area contributed by atoms with Crippen molar-refractivity contribution < 1.29 is 15.0 Å². The number of hydrogen-bond donors (Lipinski definition) is 0. The lowest BCUT2D eigenvalue weighted by Crippen LogP contribution is -2.36. The molecular formula is C16H13NO3-2. The van der Waals surface area contributed by atoms with E-state index < -0.39 is 12.0 Å². The van der Waals surface area contributed by atoms with E-state index in [1.165, 1.54) is 12.3 Å². The summed E-state index contributed by atoms with van der Waals surface area (Å²) in [6.07, 6.45) is 1.53. The van der Waals surface area contributed by atoms with E-state index in [1.54, 1.807) is 18.2 Å². The smallest absolute Gasteiger partial charge is 0.0933 e. The summed E-state index contributed by atoms with van der Waals surface area (Å²) in [6, 6.07) is 14.5. The van der Waals surface area contributed by atoms with Crippen molar-refractivity contribution in [3.63, 3.8) is 0 Å². The molecule has 4 heteroatoms. The number of carboxylic acid groups (broad SMARTS) is 1. The Morgan fingerprint density at radius 3 is 2.40 bits per heavy atom. The van der Waals surface area contributed by atoms with Gasteiger partial charge in [0.15, 0.2) is 0 Å². The highest BCUT2D eigenvalue weighted by molar-refractivity contribution is 5.85. The Morgan fingerprint density at radius 2 is 1.75 bits per heavy atom. The van der Waals surface area contributed by atoms with Crippen LogP contribution in [0.25, 0.3) is 0 Å². The third kappa shape index (κ3) is 3.68. The number of para-hydroxylation sites is 1. The van der Waals surface area contributed by atoms with Crippen LogP contribution in [0, 0.1) is 0 Å². The first-order valence-corrected chi connectivity index (χ1v) is 6.21. The molecule has 4 nitrogen and oxygen atoms in total. The van der Waals surface area contributed by atoms with Gasteiger partial charge in [-0.15, -0.1) is 5.75 Å². The van der Waals surface area contributed by atoms with Gasteiger partial charge < -0.3 is 15.0 Å². The summed E-state index contributed by atoms with van der Waals surface area (Å²) in [7, 11) is 0. The quantitative estimate of drug-likeness (QED) is 0.742. The van der Waals surface area contributed by atoms with Gasteiger partial charge in [-0.1, -0.05) is 54.6 Å². The fraction of sp³-hybridized carbons (Fsp3) is 0.125. The summed E-state index contributed by atoms with van der Waals surface area (Å²) in [6.45, 7) is 0. The topological polar surface area (TPSA) is 75.5 Å². The highest BCUT2D eigenvalue weighted by Gasteiger charge is 2.08. The minimum Gasteiger partial charge on any atom is -0.872 e. The van der Waals surface area contributed by atoms with E-state index in [-0.39, 0.29) is 12.2 Å². The van der Waals surface area contributed by atoms with Crippen LogP contribution < -0.4 is 10.2 Å². The SMILES string of the molecule is O=C([O-])C(Cc1ccccc1)N=Cc1ccccc1[O-]. The van der Waals surface area contributed by atoms with Crippen molar-refractivity contribution in [1.29, 1.82) is 0 Å². The summed E-state index contributed by atoms with van der Waals surface area (Å²) >= 11 is 0. The Hall–Kier alpha value is -2.62. The zero-order valence-electron chi connectivity index (χ0n) is 10.7. The molecule has 0 bridgehead atoms. The zero-order chi connectivity index (χ0) is 14.4. The minimum atomic E-state index is -1.26. The maximum atomic E-state index is 11.5. The molecule has 0 fully saturated rings. The second-order valence-corrected chi connectivity index (χ2v) is 4.34. The molecule has 2 aromatic carbocycles. The van der Waals surface area contributed by atoms with Gasteiger partial charge in [0, 0.05) is 12.6 Å². The molecule has 2 rings (SSSR count). The molecule has 1 unspecified atom stereocenters. The van der Waals surface area contributed by atoms with Gasteiger partial charge in [-0.05, 0) is 11.1 Å². The molecular weight excluding hydrogens is 254 g/mol. The van der Waals surface area contributed by atoms with Gasteiger partial charge in [-0.3, -0.25) is 4.99 Å². The van der Waals surface area contributed by atoms with Crippen LogP contribution in [0.15, 0.2) is 59.6 Å². The number of benzene rings is 2. The molecule has 102 valence electrons. The molecule has 0 aliphatic rings. The van der Waals surface area contributed by atoms with Gasteiger partial charge in [-0.2, -0.15) is 0 Å². The summed E-state index contributed by atoms with van der Waals surface area (Å²) in [5.41, 5.74) is 1.22. The maximum absolute atomic E-state index is 11.5. The van der Waals surface area contributed by atoms with Crippen LogP contribution in [0.1, 0.15) is 11.1 Å². The van der Waals surface area contributed by atoms with Crippen molar-refractivity contribution in [3.05, 3.63) is 65.7 Å². The average Bonchev–Trinajstić information content (AvgIpc) is 2.46. The lowest BCUT2D eigenvalue weighted by Gasteiger charge is -2.14. The molecule has 0 radical (unpaired) electrons. The van der Waals surface area contributed by atoms with E-state index in [2.05, 4.69) is 4.99 Å². The lowest BCUT2D eigenvalue weighted by atomic mass is 10.1. The predicted octanol–water partition coefficient (Wildman–Crippen LogP) is 0.540. The van der Waals surface area contributed by atoms with Crippen molar-refractivity contribution in [2.45, 2.75) is 12.5 Å². The van der Waals surface area contributed by atoms with Gasteiger partial charge in [0.2, 0.25) is 0 Å². The van der Waals surface area contributed by atoms with Crippen molar-refractivity contribution >= 4 is 12.2 Å². The Balaban J connectivity index is 2.14. The van der Waals surface area contributed by atoms with E-state index in [0.717, 1.165) is 5.56 Å². The van der Waals surface area contributed by atoms with E-state index in [9.17, 15) is 15.0 Å². The Labute approximate surface area is 117 Å². The van der Waals surface area contributed by atoms with Gasteiger partial charge >= 0.3 is 0 Å². The zero-order valence-corrected chi connectivity index (χ0v) is 10.7. The van der Waals surface area contributed by atoms with Crippen LogP contribution >= 0.6 is 0 Å². The van der Waals surface area contributed by atoms with Crippen LogP contribution in [0.2, 0.25) is 0 Å². The second kappa shape index (κ2) is 6.52. The molecule has 0 heterocycles. The number of hydrogen-bond acceptors (Lipinski definition) is 4. The number of rotatable bonds is 5. The van der Waals surface area contributed by atoms with Crippen LogP contribution in [0.5, 0.6) is 5.75 Å². The lowest BCUT2D eigenvalue weighted by molar-refractivity contribution is -0.307. The predicted molar refractivity (Wildman–Crippen MR) is 72.4 cm³/mol. The number of nitrogens with zero attached hydrogens (tertiary/aromatic N) is 1. The van der Waals surface area contributed by atoms with Crippen molar-refractivity contribution in [1.82, 2.24) is 0 Å².